The lowest BCUT2D eigenvalue weighted by Gasteiger charge is -2.33. The lowest BCUT2D eigenvalue weighted by Crippen LogP contribution is -2.26. The SMILES string of the molecule is C=C(C)N1C/C=C\C=C/CCC(C)(C)c2ccccc21. The van der Waals surface area contributed by atoms with Crippen LogP contribution in [0.4, 0.5) is 5.69 Å². The van der Waals surface area contributed by atoms with Crippen LogP contribution in [-0.4, -0.2) is 6.54 Å². The molecule has 1 heteroatoms. The maximum atomic E-state index is 4.15. The van der Waals surface area contributed by atoms with Crippen molar-refractivity contribution >= 4 is 5.69 Å². The number of fused-ring (bicyclic) bond motifs is 1. The molecule has 0 fully saturated rings. The lowest BCUT2D eigenvalue weighted by atomic mass is 9.79. The Hall–Kier alpha value is -1.76. The molecule has 0 radical (unpaired) electrons. The molecule has 0 atom stereocenters. The second-order valence-electron chi connectivity index (χ2n) is 6.14. The van der Waals surface area contributed by atoms with Crippen molar-refractivity contribution in [1.29, 1.82) is 0 Å². The van der Waals surface area contributed by atoms with E-state index < -0.39 is 0 Å². The van der Waals surface area contributed by atoms with Crippen LogP contribution in [0.1, 0.15) is 39.2 Å². The van der Waals surface area contributed by atoms with Gasteiger partial charge in [-0.15, -0.1) is 0 Å². The number of para-hydroxylation sites is 1. The number of hydrogen-bond acceptors (Lipinski definition) is 1. The first-order valence-electron chi connectivity index (χ1n) is 7.36. The molecule has 2 rings (SSSR count). The van der Waals surface area contributed by atoms with Crippen molar-refractivity contribution in [2.75, 3.05) is 11.4 Å². The molecular formula is C19H25N. The molecule has 1 nitrogen and oxygen atoms in total. The van der Waals surface area contributed by atoms with Gasteiger partial charge in [-0.3, -0.25) is 0 Å². The van der Waals surface area contributed by atoms with Gasteiger partial charge >= 0.3 is 0 Å². The molecule has 0 unspecified atom stereocenters. The van der Waals surface area contributed by atoms with E-state index in [1.807, 2.05) is 0 Å². The zero-order valence-corrected chi connectivity index (χ0v) is 12.9. The third-order valence-electron chi connectivity index (χ3n) is 3.99. The molecule has 20 heavy (non-hydrogen) atoms. The van der Waals surface area contributed by atoms with Gasteiger partial charge in [0.1, 0.15) is 0 Å². The minimum Gasteiger partial charge on any atom is -0.342 e. The first-order chi connectivity index (χ1) is 9.52. The maximum Gasteiger partial charge on any atom is 0.0448 e. The van der Waals surface area contributed by atoms with Gasteiger partial charge in [-0.05, 0) is 36.8 Å². The summed E-state index contributed by atoms with van der Waals surface area (Å²) in [5.41, 5.74) is 3.95. The zero-order chi connectivity index (χ0) is 14.6. The van der Waals surface area contributed by atoms with Crippen molar-refractivity contribution in [3.8, 4) is 0 Å². The Morgan fingerprint density at radius 3 is 2.60 bits per heavy atom. The highest BCUT2D eigenvalue weighted by Gasteiger charge is 2.25. The summed E-state index contributed by atoms with van der Waals surface area (Å²) in [5, 5.41) is 0. The standard InChI is InChI=1S/C19H25N/c1-16(2)20-15-11-7-5-6-10-14-19(3,4)17-12-8-9-13-18(17)20/h5-9,11-13H,1,10,14-15H2,2-4H3/b6-5-,11-7-. The molecule has 0 saturated heterocycles. The van der Waals surface area contributed by atoms with Crippen molar-refractivity contribution in [1.82, 2.24) is 0 Å². The lowest BCUT2D eigenvalue weighted by molar-refractivity contribution is 0.485. The van der Waals surface area contributed by atoms with E-state index >= 15 is 0 Å². The van der Waals surface area contributed by atoms with E-state index in [2.05, 4.69) is 80.8 Å². The predicted octanol–water partition coefficient (Wildman–Crippen LogP) is 5.21. The van der Waals surface area contributed by atoms with Crippen molar-refractivity contribution in [3.63, 3.8) is 0 Å². The fourth-order valence-corrected chi connectivity index (χ4v) is 2.74. The van der Waals surface area contributed by atoms with Gasteiger partial charge in [-0.1, -0.05) is 62.9 Å². The van der Waals surface area contributed by atoms with Gasteiger partial charge in [-0.25, -0.2) is 0 Å². The Bertz CT molecular complexity index is 534. The van der Waals surface area contributed by atoms with Crippen molar-refractivity contribution in [3.05, 3.63) is 66.4 Å². The van der Waals surface area contributed by atoms with Crippen molar-refractivity contribution in [2.24, 2.45) is 0 Å². The second kappa shape index (κ2) is 6.13. The molecular weight excluding hydrogens is 242 g/mol. The topological polar surface area (TPSA) is 3.24 Å². The molecule has 1 aromatic rings. The third-order valence-corrected chi connectivity index (χ3v) is 3.99. The zero-order valence-electron chi connectivity index (χ0n) is 12.9. The van der Waals surface area contributed by atoms with Gasteiger partial charge in [0.15, 0.2) is 0 Å². The first kappa shape index (κ1) is 14.6. The van der Waals surface area contributed by atoms with Crippen LogP contribution in [0, 0.1) is 0 Å². The maximum absolute atomic E-state index is 4.15. The largest absolute Gasteiger partial charge is 0.342 e. The summed E-state index contributed by atoms with van der Waals surface area (Å²) >= 11 is 0. The van der Waals surface area contributed by atoms with Crippen molar-refractivity contribution in [2.45, 2.75) is 39.0 Å². The van der Waals surface area contributed by atoms with Crippen LogP contribution < -0.4 is 4.90 Å². The predicted molar refractivity (Wildman–Crippen MR) is 89.1 cm³/mol. The Morgan fingerprint density at radius 1 is 1.15 bits per heavy atom. The monoisotopic (exact) mass is 267 g/mol. The molecule has 0 aliphatic carbocycles. The van der Waals surface area contributed by atoms with E-state index in [1.165, 1.54) is 11.3 Å². The third kappa shape index (κ3) is 3.22. The molecule has 0 aromatic heterocycles. The second-order valence-corrected chi connectivity index (χ2v) is 6.14. The number of allylic oxidation sites excluding steroid dienone is 4. The van der Waals surface area contributed by atoms with Gasteiger partial charge in [0.25, 0.3) is 0 Å². The van der Waals surface area contributed by atoms with Crippen LogP contribution in [0.2, 0.25) is 0 Å². The summed E-state index contributed by atoms with van der Waals surface area (Å²) in [5.74, 6) is 0. The molecule has 0 N–H and O–H groups in total. The number of anilines is 1. The van der Waals surface area contributed by atoms with Gasteiger partial charge in [0, 0.05) is 17.9 Å². The van der Waals surface area contributed by atoms with E-state index in [1.54, 1.807) is 0 Å². The number of rotatable bonds is 1. The average Bonchev–Trinajstić information content (AvgIpc) is 2.43. The summed E-state index contributed by atoms with van der Waals surface area (Å²) in [6.07, 6.45) is 11.0. The van der Waals surface area contributed by atoms with Crippen molar-refractivity contribution < 1.29 is 0 Å². The summed E-state index contributed by atoms with van der Waals surface area (Å²) < 4.78 is 0. The van der Waals surface area contributed by atoms with Gasteiger partial charge in [0.05, 0.1) is 0 Å². The van der Waals surface area contributed by atoms with Crippen LogP contribution in [0.5, 0.6) is 0 Å². The average molecular weight is 267 g/mol. The van der Waals surface area contributed by atoms with Crippen LogP contribution in [0.15, 0.2) is 60.8 Å². The summed E-state index contributed by atoms with van der Waals surface area (Å²) in [6, 6.07) is 8.73. The Kier molecular flexibility index (Phi) is 4.49. The van der Waals surface area contributed by atoms with Gasteiger partial charge in [-0.2, -0.15) is 0 Å². The molecule has 106 valence electrons. The minimum absolute atomic E-state index is 0.166. The molecule has 1 aliphatic heterocycles. The number of hydrogen-bond donors (Lipinski definition) is 0. The summed E-state index contributed by atoms with van der Waals surface area (Å²) in [4.78, 5) is 2.30. The molecule has 1 aliphatic rings. The van der Waals surface area contributed by atoms with Gasteiger partial charge < -0.3 is 4.90 Å². The van der Waals surface area contributed by atoms with E-state index in [9.17, 15) is 0 Å². The fraction of sp³-hybridized carbons (Fsp3) is 0.368. The van der Waals surface area contributed by atoms with Crippen LogP contribution in [0.25, 0.3) is 0 Å². The highest BCUT2D eigenvalue weighted by Crippen LogP contribution is 2.36. The Labute approximate surface area is 123 Å². The normalized spacial score (nSPS) is 21.4. The molecule has 0 bridgehead atoms. The van der Waals surface area contributed by atoms with E-state index in [-0.39, 0.29) is 5.41 Å². The summed E-state index contributed by atoms with van der Waals surface area (Å²) in [7, 11) is 0. The van der Waals surface area contributed by atoms with E-state index in [4.69, 9.17) is 0 Å². The smallest absolute Gasteiger partial charge is 0.0448 e. The van der Waals surface area contributed by atoms with Crippen LogP contribution in [-0.2, 0) is 5.41 Å². The molecule has 1 aromatic carbocycles. The highest BCUT2D eigenvalue weighted by molar-refractivity contribution is 5.60. The Morgan fingerprint density at radius 2 is 1.85 bits per heavy atom. The quantitative estimate of drug-likeness (QED) is 0.675. The molecule has 0 saturated carbocycles. The van der Waals surface area contributed by atoms with E-state index in [0.717, 1.165) is 25.1 Å². The van der Waals surface area contributed by atoms with Crippen LogP contribution >= 0.6 is 0 Å². The Balaban J connectivity index is 2.53. The van der Waals surface area contributed by atoms with Crippen LogP contribution in [0.3, 0.4) is 0 Å². The molecule has 0 amide bonds. The first-order valence-corrected chi connectivity index (χ1v) is 7.36. The van der Waals surface area contributed by atoms with E-state index in [0.29, 0.717) is 0 Å². The molecule has 0 spiro atoms. The highest BCUT2D eigenvalue weighted by atomic mass is 15.1. The van der Waals surface area contributed by atoms with Gasteiger partial charge in [0.2, 0.25) is 0 Å². The summed E-state index contributed by atoms with van der Waals surface area (Å²) in [6.45, 7) is 11.8. The number of nitrogens with zero attached hydrogens (tertiary/aromatic N) is 1. The number of benzene rings is 1. The minimum atomic E-state index is 0.166. The molecule has 1 heterocycles. The fourth-order valence-electron chi connectivity index (χ4n) is 2.74.